The summed E-state index contributed by atoms with van der Waals surface area (Å²) in [4.78, 5) is 0. The van der Waals surface area contributed by atoms with Crippen LogP contribution in [0.25, 0.3) is 40.3 Å². The van der Waals surface area contributed by atoms with E-state index in [4.69, 9.17) is 0 Å². The number of hydrogen-bond donors (Lipinski definition) is 0. The lowest BCUT2D eigenvalue weighted by atomic mass is 9.78. The highest BCUT2D eigenvalue weighted by Crippen LogP contribution is 2.43. The van der Waals surface area contributed by atoms with Gasteiger partial charge in [0.1, 0.15) is 0 Å². The molecule has 6 aromatic rings. The molecule has 0 spiro atoms. The van der Waals surface area contributed by atoms with E-state index in [1.165, 1.54) is 57.0 Å². The minimum absolute atomic E-state index is 0.0430. The molecule has 0 bridgehead atoms. The highest BCUT2D eigenvalue weighted by Gasteiger charge is 2.26. The quantitative estimate of drug-likeness (QED) is 0.237. The van der Waals surface area contributed by atoms with Gasteiger partial charge in [-0.05, 0) is 52.1 Å². The van der Waals surface area contributed by atoms with Crippen molar-refractivity contribution >= 4 is 63.0 Å². The van der Waals surface area contributed by atoms with Gasteiger partial charge in [-0.3, -0.25) is 0 Å². The lowest BCUT2D eigenvalue weighted by Crippen LogP contribution is -2.20. The number of hydrogen-bond acceptors (Lipinski definition) is 2. The zero-order valence-corrected chi connectivity index (χ0v) is 22.2. The molecule has 0 fully saturated rings. The molecular weight excluding hydrogens is 448 g/mol. The van der Waals surface area contributed by atoms with Crippen LogP contribution >= 0.6 is 22.7 Å². The Balaban J connectivity index is 1.44. The molecule has 170 valence electrons. The molecule has 2 aromatic heterocycles. The van der Waals surface area contributed by atoms with Crippen LogP contribution in [0, 0.1) is 0 Å². The molecule has 0 nitrogen and oxygen atoms in total. The first-order valence-electron chi connectivity index (χ1n) is 12.1. The summed E-state index contributed by atoms with van der Waals surface area (Å²) in [5.41, 5.74) is 4.50. The second kappa shape index (κ2) is 7.66. The van der Waals surface area contributed by atoms with Gasteiger partial charge in [0.05, 0.1) is 0 Å². The maximum absolute atomic E-state index is 2.44. The fourth-order valence-corrected chi connectivity index (χ4v) is 8.08. The van der Waals surface area contributed by atoms with Gasteiger partial charge < -0.3 is 0 Å². The van der Waals surface area contributed by atoms with Crippen LogP contribution in [0.2, 0.25) is 0 Å². The molecule has 0 N–H and O–H groups in total. The SMILES string of the molecule is CC(C)(C)c1cccc2sc3cc(CC(C)(C)c4cccc5c4sc4ccccc45)ccc3c12. The molecule has 0 saturated carbocycles. The van der Waals surface area contributed by atoms with Crippen LogP contribution in [0.3, 0.4) is 0 Å². The van der Waals surface area contributed by atoms with Crippen LogP contribution < -0.4 is 0 Å². The van der Waals surface area contributed by atoms with Crippen LogP contribution in [0.1, 0.15) is 51.3 Å². The molecule has 6 rings (SSSR count). The summed E-state index contributed by atoms with van der Waals surface area (Å²) < 4.78 is 5.61. The van der Waals surface area contributed by atoms with E-state index in [1.807, 2.05) is 22.7 Å². The van der Waals surface area contributed by atoms with Gasteiger partial charge in [-0.25, -0.2) is 0 Å². The molecule has 2 heteroatoms. The summed E-state index contributed by atoms with van der Waals surface area (Å²) in [7, 11) is 0. The third-order valence-electron chi connectivity index (χ3n) is 7.15. The predicted octanol–water partition coefficient (Wildman–Crippen LogP) is 10.2. The first-order valence-corrected chi connectivity index (χ1v) is 13.7. The van der Waals surface area contributed by atoms with E-state index in [0.717, 1.165) is 6.42 Å². The molecular formula is C32H30S2. The van der Waals surface area contributed by atoms with Crippen LogP contribution in [0.15, 0.2) is 78.9 Å². The van der Waals surface area contributed by atoms with Crippen molar-refractivity contribution in [2.45, 2.75) is 51.9 Å². The van der Waals surface area contributed by atoms with E-state index in [2.05, 4.69) is 113 Å². The molecule has 0 radical (unpaired) electrons. The van der Waals surface area contributed by atoms with Gasteiger partial charge in [0, 0.05) is 40.3 Å². The average molecular weight is 479 g/mol. The largest absolute Gasteiger partial charge is 0.135 e. The summed E-state index contributed by atoms with van der Waals surface area (Å²) >= 11 is 3.87. The first-order chi connectivity index (χ1) is 16.2. The van der Waals surface area contributed by atoms with Gasteiger partial charge >= 0.3 is 0 Å². The zero-order chi connectivity index (χ0) is 23.7. The Morgan fingerprint density at radius 3 is 2.12 bits per heavy atom. The Bertz CT molecular complexity index is 1690. The minimum Gasteiger partial charge on any atom is -0.135 e. The lowest BCUT2D eigenvalue weighted by Gasteiger charge is -2.26. The van der Waals surface area contributed by atoms with Crippen molar-refractivity contribution in [3.05, 3.63) is 95.6 Å². The van der Waals surface area contributed by atoms with Gasteiger partial charge in [0.2, 0.25) is 0 Å². The van der Waals surface area contributed by atoms with E-state index in [-0.39, 0.29) is 10.8 Å². The van der Waals surface area contributed by atoms with Crippen LogP contribution in [0.5, 0.6) is 0 Å². The Morgan fingerprint density at radius 1 is 0.588 bits per heavy atom. The van der Waals surface area contributed by atoms with Crippen molar-refractivity contribution < 1.29 is 0 Å². The molecule has 0 amide bonds. The Morgan fingerprint density at radius 2 is 1.29 bits per heavy atom. The highest BCUT2D eigenvalue weighted by atomic mass is 32.1. The third kappa shape index (κ3) is 3.47. The Labute approximate surface area is 209 Å². The normalized spacial score (nSPS) is 13.0. The van der Waals surface area contributed by atoms with Crippen molar-refractivity contribution in [2.24, 2.45) is 0 Å². The van der Waals surface area contributed by atoms with E-state index >= 15 is 0 Å². The third-order valence-corrected chi connectivity index (χ3v) is 9.49. The summed E-state index contributed by atoms with van der Waals surface area (Å²) in [5, 5.41) is 5.61. The fraction of sp³-hybridized carbons (Fsp3) is 0.250. The maximum atomic E-state index is 2.44. The Hall–Kier alpha value is -2.68. The van der Waals surface area contributed by atoms with Crippen LogP contribution in [0.4, 0.5) is 0 Å². The molecule has 0 unspecified atom stereocenters. The molecule has 0 aliphatic carbocycles. The van der Waals surface area contributed by atoms with E-state index in [0.29, 0.717) is 0 Å². The predicted molar refractivity (Wildman–Crippen MR) is 154 cm³/mol. The number of fused-ring (bicyclic) bond motifs is 6. The summed E-state index contributed by atoms with van der Waals surface area (Å²) in [6.07, 6.45) is 1.02. The first kappa shape index (κ1) is 21.8. The van der Waals surface area contributed by atoms with Gasteiger partial charge in [0.15, 0.2) is 0 Å². The molecule has 0 atom stereocenters. The van der Waals surface area contributed by atoms with Gasteiger partial charge in [-0.2, -0.15) is 0 Å². The van der Waals surface area contributed by atoms with Crippen LogP contribution in [-0.4, -0.2) is 0 Å². The Kier molecular flexibility index (Phi) is 4.92. The summed E-state index contributed by atoms with van der Waals surface area (Å²) in [6.45, 7) is 11.8. The molecule has 2 heterocycles. The molecule has 34 heavy (non-hydrogen) atoms. The van der Waals surface area contributed by atoms with E-state index in [1.54, 1.807) is 0 Å². The van der Waals surface area contributed by atoms with Crippen molar-refractivity contribution in [1.29, 1.82) is 0 Å². The number of benzene rings is 4. The number of thiophene rings is 2. The van der Waals surface area contributed by atoms with Crippen LogP contribution in [-0.2, 0) is 17.3 Å². The maximum Gasteiger partial charge on any atom is 0.0392 e. The summed E-state index contributed by atoms with van der Waals surface area (Å²) in [6, 6.07) is 29.6. The highest BCUT2D eigenvalue weighted by molar-refractivity contribution is 7.26. The molecule has 0 aliphatic rings. The lowest BCUT2D eigenvalue weighted by molar-refractivity contribution is 0.528. The van der Waals surface area contributed by atoms with E-state index in [9.17, 15) is 0 Å². The number of rotatable bonds is 3. The monoisotopic (exact) mass is 478 g/mol. The fourth-order valence-electron chi connectivity index (χ4n) is 5.49. The smallest absolute Gasteiger partial charge is 0.0392 e. The van der Waals surface area contributed by atoms with Crippen molar-refractivity contribution in [2.75, 3.05) is 0 Å². The van der Waals surface area contributed by atoms with E-state index < -0.39 is 0 Å². The second-order valence-corrected chi connectivity index (χ2v) is 13.3. The van der Waals surface area contributed by atoms with Crippen molar-refractivity contribution in [3.63, 3.8) is 0 Å². The summed E-state index contributed by atoms with van der Waals surface area (Å²) in [5.74, 6) is 0. The van der Waals surface area contributed by atoms with Crippen molar-refractivity contribution in [3.8, 4) is 0 Å². The molecule has 0 aliphatic heterocycles. The topological polar surface area (TPSA) is 0 Å². The molecule has 4 aromatic carbocycles. The van der Waals surface area contributed by atoms with Gasteiger partial charge in [0.25, 0.3) is 0 Å². The average Bonchev–Trinajstić information content (AvgIpc) is 3.35. The minimum atomic E-state index is 0.0430. The standard InChI is InChI=1S/C32H30S2/c1-31(2,3)24-12-9-15-27-29(24)23-17-16-20(18-28(23)33-27)19-32(4,5)25-13-8-11-22-21-10-6-7-14-26(21)34-30(22)25/h6-18H,19H2,1-5H3. The molecule has 0 saturated heterocycles. The second-order valence-electron chi connectivity index (χ2n) is 11.2. The van der Waals surface area contributed by atoms with Crippen molar-refractivity contribution in [1.82, 2.24) is 0 Å². The zero-order valence-electron chi connectivity index (χ0n) is 20.5. The van der Waals surface area contributed by atoms with Gasteiger partial charge in [-0.15, -0.1) is 22.7 Å². The van der Waals surface area contributed by atoms with Gasteiger partial charge in [-0.1, -0.05) is 95.3 Å².